The number of benzene rings is 2. The molecule has 0 spiro atoms. The van der Waals surface area contributed by atoms with Crippen molar-refractivity contribution >= 4 is 40.0 Å². The molecule has 0 amide bonds. The number of nitro groups is 1. The van der Waals surface area contributed by atoms with E-state index in [1.165, 1.54) is 23.9 Å². The Balaban J connectivity index is 1.78. The number of rotatable bonds is 8. The predicted molar refractivity (Wildman–Crippen MR) is 123 cm³/mol. The number of ether oxygens (including phenoxy) is 2. The molecule has 8 nitrogen and oxygen atoms in total. The fraction of sp³-hybridized carbons (Fsp3) is 0.200. The third-order valence-electron chi connectivity index (χ3n) is 4.25. The second kappa shape index (κ2) is 9.94. The van der Waals surface area contributed by atoms with E-state index in [0.717, 1.165) is 11.1 Å². The Morgan fingerprint density at radius 2 is 1.77 bits per heavy atom. The second-order valence-electron chi connectivity index (χ2n) is 6.21. The molecule has 1 N–H and O–H groups in total. The summed E-state index contributed by atoms with van der Waals surface area (Å²) >= 11 is 3.36. The molecule has 10 heteroatoms. The Hall–Kier alpha value is -2.60. The fourth-order valence-electron chi connectivity index (χ4n) is 2.72. The minimum absolute atomic E-state index is 0.0433. The molecule has 1 heterocycles. The van der Waals surface area contributed by atoms with Crippen molar-refractivity contribution in [1.82, 2.24) is 9.97 Å². The molecule has 0 aliphatic heterocycles. The fourth-order valence-corrected chi connectivity index (χ4v) is 4.00. The summed E-state index contributed by atoms with van der Waals surface area (Å²) in [5.41, 5.74) is 2.34. The molecule has 3 aromatic rings. The molecule has 2 aromatic carbocycles. The van der Waals surface area contributed by atoms with Crippen LogP contribution in [0.1, 0.15) is 16.8 Å². The summed E-state index contributed by atoms with van der Waals surface area (Å²) in [5.74, 6) is 1.77. The van der Waals surface area contributed by atoms with E-state index in [9.17, 15) is 14.9 Å². The van der Waals surface area contributed by atoms with Gasteiger partial charge in [0.15, 0.2) is 16.7 Å². The van der Waals surface area contributed by atoms with Crippen LogP contribution >= 0.6 is 34.4 Å². The molecule has 0 aliphatic rings. The van der Waals surface area contributed by atoms with Crippen molar-refractivity contribution in [2.24, 2.45) is 0 Å². The van der Waals surface area contributed by atoms with E-state index in [1.807, 2.05) is 40.8 Å². The number of aromatic nitrogens is 2. The molecule has 0 aliphatic carbocycles. The Labute approximate surface area is 190 Å². The normalized spacial score (nSPS) is 10.6. The molecule has 3 rings (SSSR count). The maximum Gasteiger partial charge on any atom is 0.269 e. The quantitative estimate of drug-likeness (QED) is 0.151. The maximum absolute atomic E-state index is 12.4. The highest BCUT2D eigenvalue weighted by atomic mass is 127. The average molecular weight is 539 g/mol. The van der Waals surface area contributed by atoms with Crippen molar-refractivity contribution in [1.29, 1.82) is 0 Å². The SMILES string of the molecule is COc1ccc(Cc2nc(SCc3ccc([N+](=O)[O-])cc3)[nH]c(=O)c2I)cc1OC. The van der Waals surface area contributed by atoms with Gasteiger partial charge in [-0.2, -0.15) is 0 Å². The van der Waals surface area contributed by atoms with Gasteiger partial charge in [0.05, 0.1) is 24.8 Å². The van der Waals surface area contributed by atoms with Gasteiger partial charge in [-0.1, -0.05) is 30.0 Å². The molecule has 0 unspecified atom stereocenters. The number of nitrogens with zero attached hydrogens (tertiary/aromatic N) is 2. The summed E-state index contributed by atoms with van der Waals surface area (Å²) in [7, 11) is 3.15. The summed E-state index contributed by atoms with van der Waals surface area (Å²) in [4.78, 5) is 30.1. The Kier molecular flexibility index (Phi) is 7.32. The molecule has 0 fully saturated rings. The van der Waals surface area contributed by atoms with E-state index in [0.29, 0.717) is 38.1 Å². The molecule has 0 saturated carbocycles. The van der Waals surface area contributed by atoms with E-state index in [2.05, 4.69) is 9.97 Å². The number of halogens is 1. The van der Waals surface area contributed by atoms with Crippen LogP contribution in [0.4, 0.5) is 5.69 Å². The van der Waals surface area contributed by atoms with Gasteiger partial charge in [0.2, 0.25) is 0 Å². The molecule has 0 atom stereocenters. The lowest BCUT2D eigenvalue weighted by molar-refractivity contribution is -0.384. The van der Waals surface area contributed by atoms with E-state index in [4.69, 9.17) is 9.47 Å². The highest BCUT2D eigenvalue weighted by Gasteiger charge is 2.13. The topological polar surface area (TPSA) is 107 Å². The monoisotopic (exact) mass is 539 g/mol. The first-order valence-corrected chi connectivity index (χ1v) is 10.8. The average Bonchev–Trinajstić information content (AvgIpc) is 2.75. The number of nitro benzene ring substituents is 1. The van der Waals surface area contributed by atoms with Crippen LogP contribution in [0, 0.1) is 13.7 Å². The van der Waals surface area contributed by atoms with E-state index in [-0.39, 0.29) is 11.2 Å². The van der Waals surface area contributed by atoms with Crippen LogP contribution in [-0.4, -0.2) is 29.1 Å². The lowest BCUT2D eigenvalue weighted by Crippen LogP contribution is -2.16. The zero-order chi connectivity index (χ0) is 21.7. The van der Waals surface area contributed by atoms with Gasteiger partial charge in [-0.15, -0.1) is 0 Å². The summed E-state index contributed by atoms with van der Waals surface area (Å²) < 4.78 is 11.1. The Bertz CT molecular complexity index is 1120. The molecular formula is C20H18IN3O5S. The van der Waals surface area contributed by atoms with Crippen molar-refractivity contribution in [2.75, 3.05) is 14.2 Å². The number of non-ortho nitro benzene ring substituents is 1. The van der Waals surface area contributed by atoms with Gasteiger partial charge in [-0.3, -0.25) is 14.9 Å². The first-order valence-electron chi connectivity index (χ1n) is 8.77. The highest BCUT2D eigenvalue weighted by Crippen LogP contribution is 2.29. The van der Waals surface area contributed by atoms with Gasteiger partial charge < -0.3 is 14.5 Å². The minimum atomic E-state index is -0.435. The number of hydrogen-bond acceptors (Lipinski definition) is 7. The van der Waals surface area contributed by atoms with Gasteiger partial charge in [0.25, 0.3) is 11.2 Å². The zero-order valence-corrected chi connectivity index (χ0v) is 19.2. The smallest absolute Gasteiger partial charge is 0.269 e. The number of methoxy groups -OCH3 is 2. The number of hydrogen-bond donors (Lipinski definition) is 1. The first kappa shape index (κ1) is 22.1. The molecule has 1 aromatic heterocycles. The van der Waals surface area contributed by atoms with Crippen LogP contribution in [0.5, 0.6) is 11.5 Å². The maximum atomic E-state index is 12.4. The second-order valence-corrected chi connectivity index (χ2v) is 8.25. The number of nitrogens with one attached hydrogen (secondary N) is 1. The lowest BCUT2D eigenvalue weighted by Gasteiger charge is -2.10. The van der Waals surface area contributed by atoms with Crippen LogP contribution in [-0.2, 0) is 12.2 Å². The highest BCUT2D eigenvalue weighted by molar-refractivity contribution is 14.1. The molecule has 0 saturated heterocycles. The standard InChI is InChI=1S/C20H18IN3O5S/c1-28-16-8-5-13(10-17(16)29-2)9-15-18(21)19(25)23-20(22-15)30-11-12-3-6-14(7-4-12)24(26)27/h3-8,10H,9,11H2,1-2H3,(H,22,23,25). The van der Waals surface area contributed by atoms with Gasteiger partial charge in [0.1, 0.15) is 3.57 Å². The summed E-state index contributed by atoms with van der Waals surface area (Å²) in [6.45, 7) is 0. The number of thioether (sulfide) groups is 1. The van der Waals surface area contributed by atoms with Gasteiger partial charge >= 0.3 is 0 Å². The minimum Gasteiger partial charge on any atom is -0.493 e. The summed E-state index contributed by atoms with van der Waals surface area (Å²) in [6, 6.07) is 11.9. The molecular weight excluding hydrogens is 521 g/mol. The van der Waals surface area contributed by atoms with Crippen LogP contribution in [0.15, 0.2) is 52.4 Å². The Morgan fingerprint density at radius 3 is 2.40 bits per heavy atom. The molecule has 156 valence electrons. The van der Waals surface area contributed by atoms with Crippen molar-refractivity contribution in [3.8, 4) is 11.5 Å². The summed E-state index contributed by atoms with van der Waals surface area (Å²) in [6.07, 6.45) is 0.466. The lowest BCUT2D eigenvalue weighted by atomic mass is 10.1. The van der Waals surface area contributed by atoms with Crippen LogP contribution in [0.25, 0.3) is 0 Å². The van der Waals surface area contributed by atoms with E-state index in [1.54, 1.807) is 26.4 Å². The van der Waals surface area contributed by atoms with Crippen molar-refractivity contribution in [2.45, 2.75) is 17.3 Å². The van der Waals surface area contributed by atoms with Gasteiger partial charge in [-0.05, 0) is 45.9 Å². The van der Waals surface area contributed by atoms with Crippen LogP contribution < -0.4 is 15.0 Å². The van der Waals surface area contributed by atoms with Gasteiger partial charge in [0, 0.05) is 24.3 Å². The van der Waals surface area contributed by atoms with Crippen LogP contribution in [0.2, 0.25) is 0 Å². The largest absolute Gasteiger partial charge is 0.493 e. The third-order valence-corrected chi connectivity index (χ3v) is 6.31. The number of aromatic amines is 1. The van der Waals surface area contributed by atoms with Crippen LogP contribution in [0.3, 0.4) is 0 Å². The molecule has 0 bridgehead atoms. The van der Waals surface area contributed by atoms with Crippen molar-refractivity contribution < 1.29 is 14.4 Å². The first-order chi connectivity index (χ1) is 14.4. The van der Waals surface area contributed by atoms with Crippen molar-refractivity contribution in [3.63, 3.8) is 0 Å². The number of H-pyrrole nitrogens is 1. The molecule has 30 heavy (non-hydrogen) atoms. The summed E-state index contributed by atoms with van der Waals surface area (Å²) in [5, 5.41) is 11.3. The third kappa shape index (κ3) is 5.30. The Morgan fingerprint density at radius 1 is 1.10 bits per heavy atom. The van der Waals surface area contributed by atoms with Crippen molar-refractivity contribution in [3.05, 3.63) is 83.3 Å². The van der Waals surface area contributed by atoms with Gasteiger partial charge in [-0.25, -0.2) is 4.98 Å². The molecule has 0 radical (unpaired) electrons. The van der Waals surface area contributed by atoms with E-state index < -0.39 is 4.92 Å². The zero-order valence-electron chi connectivity index (χ0n) is 16.2. The predicted octanol–water partition coefficient (Wildman–Crippen LogP) is 4.18. The van der Waals surface area contributed by atoms with E-state index >= 15 is 0 Å².